The summed E-state index contributed by atoms with van der Waals surface area (Å²) in [5, 5.41) is 3.49. The smallest absolute Gasteiger partial charge is 0.153 e. The van der Waals surface area contributed by atoms with Gasteiger partial charge in [-0.15, -0.1) is 0 Å². The lowest BCUT2D eigenvalue weighted by Gasteiger charge is -2.50. The highest BCUT2D eigenvalue weighted by Crippen LogP contribution is 2.44. The maximum atomic E-state index is 13.4. The molecule has 28 heavy (non-hydrogen) atoms. The molecule has 5 nitrogen and oxygen atoms in total. The molecule has 5 heteroatoms. The molecule has 0 spiro atoms. The molecule has 0 aliphatic heterocycles. The SMILES string of the molecule is CC(=O)CN(CC(=O)C(C)C)C(C(=O)C(C)C)C(C)(C)C(C)(C)CNC(C)C. The van der Waals surface area contributed by atoms with Gasteiger partial charge in [-0.25, -0.2) is 0 Å². The van der Waals surface area contributed by atoms with E-state index in [-0.39, 0.29) is 47.7 Å². The fourth-order valence-corrected chi connectivity index (χ4v) is 3.27. The molecule has 0 rings (SSSR count). The molecule has 0 amide bonds. The average Bonchev–Trinajstić information content (AvgIpc) is 2.51. The maximum Gasteiger partial charge on any atom is 0.153 e. The van der Waals surface area contributed by atoms with Gasteiger partial charge in [0.1, 0.15) is 11.6 Å². The third kappa shape index (κ3) is 7.40. The molecule has 1 atom stereocenters. The van der Waals surface area contributed by atoms with E-state index in [0.29, 0.717) is 6.04 Å². The molecule has 0 aliphatic rings. The summed E-state index contributed by atoms with van der Waals surface area (Å²) in [6, 6.07) is -0.173. The Labute approximate surface area is 173 Å². The normalized spacial score (nSPS) is 14.2. The second-order valence-electron chi connectivity index (χ2n) is 10.3. The van der Waals surface area contributed by atoms with Gasteiger partial charge in [-0.05, 0) is 17.8 Å². The van der Waals surface area contributed by atoms with Gasteiger partial charge in [0.05, 0.1) is 19.1 Å². The van der Waals surface area contributed by atoms with E-state index in [1.807, 2.05) is 32.6 Å². The molecule has 164 valence electrons. The Bertz CT molecular complexity index is 548. The molecular weight excluding hydrogens is 352 g/mol. The van der Waals surface area contributed by atoms with Crippen LogP contribution in [0.25, 0.3) is 0 Å². The van der Waals surface area contributed by atoms with E-state index in [1.165, 1.54) is 6.92 Å². The molecule has 0 heterocycles. The zero-order chi connectivity index (χ0) is 22.4. The van der Waals surface area contributed by atoms with Crippen LogP contribution in [0.2, 0.25) is 0 Å². The standard InChI is InChI=1S/C23H44N2O3/c1-15(2)19(27)13-25(12-18(7)26)21(20(28)16(3)4)23(10,11)22(8,9)14-24-17(5)6/h15-17,21,24H,12-14H2,1-11H3. The molecule has 0 fully saturated rings. The predicted octanol–water partition coefficient (Wildman–Crippen LogP) is 3.75. The number of hydrogen-bond donors (Lipinski definition) is 1. The van der Waals surface area contributed by atoms with E-state index in [9.17, 15) is 14.4 Å². The van der Waals surface area contributed by atoms with Crippen molar-refractivity contribution in [3.8, 4) is 0 Å². The van der Waals surface area contributed by atoms with Crippen LogP contribution in [0.5, 0.6) is 0 Å². The zero-order valence-electron chi connectivity index (χ0n) is 20.1. The van der Waals surface area contributed by atoms with E-state index >= 15 is 0 Å². The topological polar surface area (TPSA) is 66.5 Å². The molecule has 0 aromatic heterocycles. The fourth-order valence-electron chi connectivity index (χ4n) is 3.27. The lowest BCUT2D eigenvalue weighted by molar-refractivity contribution is -0.140. The Hall–Kier alpha value is -1.07. The molecule has 0 bridgehead atoms. The molecule has 0 aliphatic carbocycles. The van der Waals surface area contributed by atoms with Gasteiger partial charge in [-0.2, -0.15) is 0 Å². The summed E-state index contributed by atoms with van der Waals surface area (Å²) in [6.07, 6.45) is 0. The van der Waals surface area contributed by atoms with Crippen molar-refractivity contribution in [3.63, 3.8) is 0 Å². The monoisotopic (exact) mass is 396 g/mol. The van der Waals surface area contributed by atoms with Crippen LogP contribution in [0, 0.1) is 22.7 Å². The number of nitrogens with one attached hydrogen (secondary N) is 1. The van der Waals surface area contributed by atoms with E-state index in [4.69, 9.17) is 0 Å². The Morgan fingerprint density at radius 1 is 0.857 bits per heavy atom. The van der Waals surface area contributed by atoms with Crippen molar-refractivity contribution in [2.75, 3.05) is 19.6 Å². The Morgan fingerprint density at radius 3 is 1.71 bits per heavy atom. The fraction of sp³-hybridized carbons (Fsp3) is 0.870. The number of carbonyl (C=O) groups is 3. The minimum Gasteiger partial charge on any atom is -0.314 e. The third-order valence-electron chi connectivity index (χ3n) is 6.01. The van der Waals surface area contributed by atoms with Gasteiger partial charge < -0.3 is 5.32 Å². The number of nitrogens with zero attached hydrogens (tertiary/aromatic N) is 1. The van der Waals surface area contributed by atoms with Gasteiger partial charge in [0.2, 0.25) is 0 Å². The van der Waals surface area contributed by atoms with Gasteiger partial charge >= 0.3 is 0 Å². The first-order valence-electron chi connectivity index (χ1n) is 10.6. The first-order valence-corrected chi connectivity index (χ1v) is 10.6. The highest BCUT2D eigenvalue weighted by Gasteiger charge is 2.49. The van der Waals surface area contributed by atoms with Crippen LogP contribution < -0.4 is 5.32 Å². The second-order valence-corrected chi connectivity index (χ2v) is 10.3. The molecule has 0 aromatic carbocycles. The summed E-state index contributed by atoms with van der Waals surface area (Å²) in [7, 11) is 0. The highest BCUT2D eigenvalue weighted by atomic mass is 16.1. The second kappa shape index (κ2) is 10.6. The minimum absolute atomic E-state index is 0.0352. The number of ketones is 3. The molecule has 0 aromatic rings. The van der Waals surface area contributed by atoms with Crippen molar-refractivity contribution in [2.24, 2.45) is 22.7 Å². The van der Waals surface area contributed by atoms with E-state index in [1.54, 1.807) is 0 Å². The average molecular weight is 397 g/mol. The first kappa shape index (κ1) is 26.9. The van der Waals surface area contributed by atoms with Crippen molar-refractivity contribution in [1.29, 1.82) is 0 Å². The van der Waals surface area contributed by atoms with E-state index in [2.05, 4.69) is 46.9 Å². The quantitative estimate of drug-likeness (QED) is 0.514. The van der Waals surface area contributed by atoms with Crippen molar-refractivity contribution in [2.45, 2.75) is 88.2 Å². The number of carbonyl (C=O) groups excluding carboxylic acids is 3. The van der Waals surface area contributed by atoms with Crippen LogP contribution in [-0.2, 0) is 14.4 Å². The first-order chi connectivity index (χ1) is 12.5. The summed E-state index contributed by atoms with van der Waals surface area (Å²) in [5.41, 5.74) is -0.689. The van der Waals surface area contributed by atoms with E-state index in [0.717, 1.165) is 6.54 Å². The molecule has 0 saturated carbocycles. The zero-order valence-corrected chi connectivity index (χ0v) is 20.1. The number of hydrogen-bond acceptors (Lipinski definition) is 5. The highest BCUT2D eigenvalue weighted by molar-refractivity contribution is 5.89. The molecule has 0 radical (unpaired) electrons. The van der Waals surface area contributed by atoms with Crippen molar-refractivity contribution in [1.82, 2.24) is 10.2 Å². The van der Waals surface area contributed by atoms with E-state index < -0.39 is 11.5 Å². The van der Waals surface area contributed by atoms with Crippen molar-refractivity contribution < 1.29 is 14.4 Å². The Kier molecular flexibility index (Phi) is 10.2. The van der Waals surface area contributed by atoms with Crippen LogP contribution in [-0.4, -0.2) is 54.0 Å². The number of Topliss-reactive ketones (excluding diaryl/α,β-unsaturated/α-hetero) is 3. The Morgan fingerprint density at radius 2 is 1.36 bits per heavy atom. The summed E-state index contributed by atoms with van der Waals surface area (Å²) in [4.78, 5) is 39.8. The van der Waals surface area contributed by atoms with Crippen LogP contribution in [0.3, 0.4) is 0 Å². The van der Waals surface area contributed by atoms with Gasteiger partial charge in [0.25, 0.3) is 0 Å². The van der Waals surface area contributed by atoms with Gasteiger partial charge in [0, 0.05) is 24.4 Å². The molecular formula is C23H44N2O3. The van der Waals surface area contributed by atoms with Gasteiger partial charge in [-0.3, -0.25) is 19.3 Å². The van der Waals surface area contributed by atoms with Crippen LogP contribution >= 0.6 is 0 Å². The molecule has 1 unspecified atom stereocenters. The van der Waals surface area contributed by atoms with Crippen LogP contribution in [0.1, 0.15) is 76.2 Å². The summed E-state index contributed by atoms with van der Waals surface area (Å²) < 4.78 is 0. The van der Waals surface area contributed by atoms with Gasteiger partial charge in [0.15, 0.2) is 5.78 Å². The van der Waals surface area contributed by atoms with Crippen LogP contribution in [0.4, 0.5) is 0 Å². The Balaban J connectivity index is 6.19. The molecule has 1 N–H and O–H groups in total. The minimum atomic E-state index is -0.511. The lowest BCUT2D eigenvalue weighted by Crippen LogP contribution is -2.60. The summed E-state index contributed by atoms with van der Waals surface area (Å²) in [6.45, 7) is 22.7. The summed E-state index contributed by atoms with van der Waals surface area (Å²) >= 11 is 0. The molecule has 0 saturated heterocycles. The van der Waals surface area contributed by atoms with Crippen LogP contribution in [0.15, 0.2) is 0 Å². The number of rotatable bonds is 13. The summed E-state index contributed by atoms with van der Waals surface area (Å²) in [5.74, 6) is -0.214. The van der Waals surface area contributed by atoms with Crippen molar-refractivity contribution >= 4 is 17.3 Å². The maximum absolute atomic E-state index is 13.4. The predicted molar refractivity (Wildman–Crippen MR) is 116 cm³/mol. The largest absolute Gasteiger partial charge is 0.314 e. The lowest BCUT2D eigenvalue weighted by atomic mass is 9.61. The van der Waals surface area contributed by atoms with Gasteiger partial charge in [-0.1, -0.05) is 69.2 Å². The van der Waals surface area contributed by atoms with Crippen molar-refractivity contribution in [3.05, 3.63) is 0 Å². The third-order valence-corrected chi connectivity index (χ3v) is 6.01.